The van der Waals surface area contributed by atoms with Gasteiger partial charge in [0.15, 0.2) is 0 Å². The molecule has 1 fully saturated rings. The zero-order chi connectivity index (χ0) is 11.8. The second-order valence-electron chi connectivity index (χ2n) is 4.27. The Labute approximate surface area is 93.5 Å². The summed E-state index contributed by atoms with van der Waals surface area (Å²) in [6.07, 6.45) is 0.489. The van der Waals surface area contributed by atoms with E-state index in [4.69, 9.17) is 0 Å². The van der Waals surface area contributed by atoms with Gasteiger partial charge in [0.25, 0.3) is 0 Å². The third kappa shape index (κ3) is 1.95. The molecule has 0 bridgehead atoms. The van der Waals surface area contributed by atoms with E-state index < -0.39 is 17.2 Å². The molecule has 88 valence electrons. The molecule has 1 aromatic carbocycles. The highest BCUT2D eigenvalue weighted by Gasteiger charge is 2.38. The minimum atomic E-state index is -1.17. The van der Waals surface area contributed by atoms with Gasteiger partial charge in [-0.15, -0.1) is 0 Å². The molecule has 2 rings (SSSR count). The molecular formula is C12H15F2NO. The number of likely N-dealkylation sites (tertiary alicyclic amines) is 1. The third-order valence-electron chi connectivity index (χ3n) is 3.21. The van der Waals surface area contributed by atoms with Crippen molar-refractivity contribution in [3.63, 3.8) is 0 Å². The topological polar surface area (TPSA) is 23.5 Å². The summed E-state index contributed by atoms with van der Waals surface area (Å²) in [5.74, 6) is -1.28. The highest BCUT2D eigenvalue weighted by molar-refractivity contribution is 5.26. The van der Waals surface area contributed by atoms with Crippen LogP contribution in [-0.2, 0) is 5.60 Å². The highest BCUT2D eigenvalue weighted by Crippen LogP contribution is 2.33. The summed E-state index contributed by atoms with van der Waals surface area (Å²) in [7, 11) is 0. The van der Waals surface area contributed by atoms with E-state index in [1.165, 1.54) is 12.1 Å². The van der Waals surface area contributed by atoms with Gasteiger partial charge in [0.1, 0.15) is 17.2 Å². The Morgan fingerprint density at radius 2 is 2.19 bits per heavy atom. The molecule has 0 amide bonds. The summed E-state index contributed by atoms with van der Waals surface area (Å²) in [6.45, 7) is 3.97. The van der Waals surface area contributed by atoms with E-state index in [-0.39, 0.29) is 5.56 Å². The quantitative estimate of drug-likeness (QED) is 0.833. The zero-order valence-electron chi connectivity index (χ0n) is 9.21. The van der Waals surface area contributed by atoms with Crippen LogP contribution in [0.4, 0.5) is 8.78 Å². The molecule has 1 saturated heterocycles. The SMILES string of the molecule is CCN1CCC(O)(c2ccc(F)cc2F)C1. The van der Waals surface area contributed by atoms with Crippen LogP contribution in [0.2, 0.25) is 0 Å². The van der Waals surface area contributed by atoms with E-state index >= 15 is 0 Å². The van der Waals surface area contributed by atoms with Crippen LogP contribution >= 0.6 is 0 Å². The first-order chi connectivity index (χ1) is 7.55. The minimum absolute atomic E-state index is 0.199. The van der Waals surface area contributed by atoms with Gasteiger partial charge in [0.05, 0.1) is 0 Å². The molecule has 0 aliphatic carbocycles. The van der Waals surface area contributed by atoms with Crippen molar-refractivity contribution in [2.45, 2.75) is 18.9 Å². The fourth-order valence-electron chi connectivity index (χ4n) is 2.23. The largest absolute Gasteiger partial charge is 0.384 e. The lowest BCUT2D eigenvalue weighted by atomic mass is 9.92. The third-order valence-corrected chi connectivity index (χ3v) is 3.21. The molecule has 2 nitrogen and oxygen atoms in total. The second kappa shape index (κ2) is 4.11. The maximum absolute atomic E-state index is 13.6. The summed E-state index contributed by atoms with van der Waals surface area (Å²) in [6, 6.07) is 3.34. The van der Waals surface area contributed by atoms with Crippen molar-refractivity contribution < 1.29 is 13.9 Å². The molecule has 0 spiro atoms. The maximum Gasteiger partial charge on any atom is 0.132 e. The first-order valence-corrected chi connectivity index (χ1v) is 5.45. The van der Waals surface area contributed by atoms with Crippen LogP contribution in [0.25, 0.3) is 0 Å². The zero-order valence-corrected chi connectivity index (χ0v) is 9.21. The summed E-state index contributed by atoms with van der Waals surface area (Å²) in [5, 5.41) is 10.3. The van der Waals surface area contributed by atoms with Gasteiger partial charge in [0.2, 0.25) is 0 Å². The van der Waals surface area contributed by atoms with Crippen LogP contribution in [0.5, 0.6) is 0 Å². The molecule has 1 atom stereocenters. The Balaban J connectivity index is 2.30. The molecule has 0 aromatic heterocycles. The number of halogens is 2. The van der Waals surface area contributed by atoms with Crippen molar-refractivity contribution in [2.24, 2.45) is 0 Å². The van der Waals surface area contributed by atoms with Gasteiger partial charge in [-0.1, -0.05) is 13.0 Å². The summed E-state index contributed by atoms with van der Waals surface area (Å²) in [4.78, 5) is 2.04. The molecule has 1 aliphatic rings. The number of β-amino-alcohol motifs (C(OH)–C–C–N with tert-alkyl or cyclic N) is 1. The highest BCUT2D eigenvalue weighted by atomic mass is 19.1. The average molecular weight is 227 g/mol. The van der Waals surface area contributed by atoms with Gasteiger partial charge >= 0.3 is 0 Å². The average Bonchev–Trinajstić information content (AvgIpc) is 2.61. The molecule has 1 aromatic rings. The van der Waals surface area contributed by atoms with Crippen LogP contribution in [0.1, 0.15) is 18.9 Å². The Bertz CT molecular complexity index is 397. The van der Waals surface area contributed by atoms with Crippen molar-refractivity contribution in [3.05, 3.63) is 35.4 Å². The van der Waals surface area contributed by atoms with Gasteiger partial charge in [-0.3, -0.25) is 0 Å². The van der Waals surface area contributed by atoms with Crippen molar-refractivity contribution in [1.29, 1.82) is 0 Å². The molecule has 1 heterocycles. The van der Waals surface area contributed by atoms with E-state index in [1.807, 2.05) is 11.8 Å². The first-order valence-electron chi connectivity index (χ1n) is 5.45. The predicted octanol–water partition coefficient (Wildman–Crippen LogP) is 1.88. The second-order valence-corrected chi connectivity index (χ2v) is 4.27. The van der Waals surface area contributed by atoms with E-state index in [2.05, 4.69) is 0 Å². The normalized spacial score (nSPS) is 26.2. The molecule has 0 radical (unpaired) electrons. The summed E-state index contributed by atoms with van der Waals surface area (Å²) >= 11 is 0. The Morgan fingerprint density at radius 3 is 2.75 bits per heavy atom. The fraction of sp³-hybridized carbons (Fsp3) is 0.500. The van der Waals surface area contributed by atoms with Gasteiger partial charge in [-0.25, -0.2) is 8.78 Å². The van der Waals surface area contributed by atoms with Crippen molar-refractivity contribution >= 4 is 0 Å². The Morgan fingerprint density at radius 1 is 1.44 bits per heavy atom. The standard InChI is InChI=1S/C12H15F2NO/c1-2-15-6-5-12(16,8-15)10-4-3-9(13)7-11(10)14/h3-4,7,16H,2,5-6,8H2,1H3. The van der Waals surface area contributed by atoms with Crippen LogP contribution < -0.4 is 0 Å². The number of aliphatic hydroxyl groups is 1. The molecular weight excluding hydrogens is 212 g/mol. The number of hydrogen-bond donors (Lipinski definition) is 1. The van der Waals surface area contributed by atoms with Crippen molar-refractivity contribution in [3.8, 4) is 0 Å². The summed E-state index contributed by atoms with van der Waals surface area (Å²) < 4.78 is 26.3. The predicted molar refractivity (Wildman–Crippen MR) is 57.0 cm³/mol. The number of rotatable bonds is 2. The van der Waals surface area contributed by atoms with Gasteiger partial charge in [-0.05, 0) is 19.0 Å². The van der Waals surface area contributed by atoms with Crippen molar-refractivity contribution in [2.75, 3.05) is 19.6 Å². The monoisotopic (exact) mass is 227 g/mol. The fourth-order valence-corrected chi connectivity index (χ4v) is 2.23. The molecule has 1 aliphatic heterocycles. The van der Waals surface area contributed by atoms with E-state index in [9.17, 15) is 13.9 Å². The Hall–Kier alpha value is -1.00. The van der Waals surface area contributed by atoms with Crippen LogP contribution in [0.3, 0.4) is 0 Å². The van der Waals surface area contributed by atoms with Crippen LogP contribution in [0, 0.1) is 11.6 Å². The lowest BCUT2D eigenvalue weighted by Crippen LogP contribution is -2.31. The smallest absolute Gasteiger partial charge is 0.132 e. The Kier molecular flexibility index (Phi) is 2.95. The lowest BCUT2D eigenvalue weighted by Gasteiger charge is -2.24. The van der Waals surface area contributed by atoms with E-state index in [1.54, 1.807) is 0 Å². The number of benzene rings is 1. The maximum atomic E-state index is 13.6. The number of likely N-dealkylation sites (N-methyl/N-ethyl adjacent to an activating group) is 1. The van der Waals surface area contributed by atoms with E-state index in [0.29, 0.717) is 13.0 Å². The molecule has 16 heavy (non-hydrogen) atoms. The molecule has 0 saturated carbocycles. The first kappa shape index (κ1) is 11.5. The van der Waals surface area contributed by atoms with Crippen LogP contribution in [0.15, 0.2) is 18.2 Å². The lowest BCUT2D eigenvalue weighted by molar-refractivity contribution is 0.0430. The molecule has 1 N–H and O–H groups in total. The molecule has 4 heteroatoms. The van der Waals surface area contributed by atoms with Crippen molar-refractivity contribution in [1.82, 2.24) is 4.90 Å². The number of hydrogen-bond acceptors (Lipinski definition) is 2. The van der Waals surface area contributed by atoms with Crippen LogP contribution in [-0.4, -0.2) is 29.6 Å². The molecule has 1 unspecified atom stereocenters. The van der Waals surface area contributed by atoms with E-state index in [0.717, 1.165) is 19.2 Å². The minimum Gasteiger partial charge on any atom is -0.384 e. The van der Waals surface area contributed by atoms with Gasteiger partial charge < -0.3 is 10.0 Å². The number of nitrogens with zero attached hydrogens (tertiary/aromatic N) is 1. The van der Waals surface area contributed by atoms with Gasteiger partial charge in [-0.2, -0.15) is 0 Å². The van der Waals surface area contributed by atoms with Gasteiger partial charge in [0, 0.05) is 24.7 Å². The summed E-state index contributed by atoms with van der Waals surface area (Å²) in [5.41, 5.74) is -0.974.